The molecule has 0 aliphatic carbocycles. The van der Waals surface area contributed by atoms with Crippen molar-refractivity contribution in [2.45, 2.75) is 13.8 Å². The van der Waals surface area contributed by atoms with E-state index in [1.807, 2.05) is 13.8 Å². The summed E-state index contributed by atoms with van der Waals surface area (Å²) in [5.74, 6) is 1.56. The zero-order valence-electron chi connectivity index (χ0n) is 20.1. The van der Waals surface area contributed by atoms with E-state index in [2.05, 4.69) is 31.7 Å². The molecule has 2 aromatic rings. The Morgan fingerprint density at radius 2 is 1.17 bits per heavy atom. The van der Waals surface area contributed by atoms with Crippen LogP contribution in [0.15, 0.2) is 46.6 Å². The Morgan fingerprint density at radius 3 is 1.47 bits per heavy atom. The molecule has 36 heavy (non-hydrogen) atoms. The molecule has 0 unspecified atom stereocenters. The van der Waals surface area contributed by atoms with Gasteiger partial charge in [-0.05, 0) is 74.7 Å². The summed E-state index contributed by atoms with van der Waals surface area (Å²) in [4.78, 5) is 0. The Morgan fingerprint density at radius 1 is 0.806 bits per heavy atom. The molecule has 0 amide bonds. The monoisotopic (exact) mass is 632 g/mol. The molecule has 6 N–H and O–H groups in total. The number of hydrogen-bond acceptors (Lipinski definition) is 8. The van der Waals surface area contributed by atoms with Gasteiger partial charge in [-0.3, -0.25) is 10.9 Å². The van der Waals surface area contributed by atoms with E-state index in [-0.39, 0.29) is 45.6 Å². The third-order valence-electron chi connectivity index (χ3n) is 3.88. The molecule has 10 nitrogen and oxygen atoms in total. The maximum Gasteiger partial charge on any atom is 2.00 e. The molecule has 0 aliphatic rings. The van der Waals surface area contributed by atoms with Gasteiger partial charge in [-0.1, -0.05) is 0 Å². The molecule has 0 fully saturated rings. The molecular weight excluding hydrogens is 604 g/mol. The van der Waals surface area contributed by atoms with Crippen molar-refractivity contribution in [2.75, 3.05) is 27.3 Å². The summed E-state index contributed by atoms with van der Waals surface area (Å²) in [5.41, 5.74) is 6.37. The molecule has 204 valence electrons. The number of ether oxygens (including phenoxy) is 2. The van der Waals surface area contributed by atoms with Gasteiger partial charge in [-0.25, -0.2) is 0 Å². The van der Waals surface area contributed by atoms with Crippen LogP contribution < -0.4 is 31.0 Å². The Balaban J connectivity index is 0. The van der Waals surface area contributed by atoms with Crippen LogP contribution in [0.5, 0.6) is 23.0 Å². The molecule has 0 atom stereocenters. The van der Waals surface area contributed by atoms with Crippen LogP contribution in [-0.2, 0) is 34.1 Å². The van der Waals surface area contributed by atoms with Crippen molar-refractivity contribution in [3.05, 3.63) is 47.5 Å². The maximum absolute atomic E-state index is 9.58. The van der Waals surface area contributed by atoms with Gasteiger partial charge in [0.2, 0.25) is 0 Å². The van der Waals surface area contributed by atoms with Gasteiger partial charge in [0.1, 0.15) is 23.0 Å². The zero-order chi connectivity index (χ0) is 25.3. The minimum atomic E-state index is 0. The number of phenols is 2. The number of thiocarbonyl (C=S) groups is 2. The van der Waals surface area contributed by atoms with Gasteiger partial charge in [0.15, 0.2) is 10.2 Å². The van der Waals surface area contributed by atoms with Crippen molar-refractivity contribution in [2.24, 2.45) is 10.2 Å². The van der Waals surface area contributed by atoms with Crippen LogP contribution in [0.25, 0.3) is 0 Å². The SMILES string of the molecule is CCNC(=S)N/N=C/c1cc(OC)ccc1O.CCNC(=S)N/N=C/c1cc(OC)ccc1O.[Cu+2].[Cu]. The molecule has 0 bridgehead atoms. The fourth-order valence-electron chi connectivity index (χ4n) is 2.25. The van der Waals surface area contributed by atoms with E-state index >= 15 is 0 Å². The van der Waals surface area contributed by atoms with Crippen LogP contribution in [0.1, 0.15) is 25.0 Å². The molecule has 0 saturated heterocycles. The van der Waals surface area contributed by atoms with E-state index in [4.69, 9.17) is 33.9 Å². The zero-order valence-corrected chi connectivity index (χ0v) is 23.6. The first-order chi connectivity index (χ1) is 16.3. The summed E-state index contributed by atoms with van der Waals surface area (Å²) in [6.07, 6.45) is 2.95. The normalized spacial score (nSPS) is 9.67. The Labute approximate surface area is 243 Å². The van der Waals surface area contributed by atoms with Crippen molar-refractivity contribution >= 4 is 47.1 Å². The average Bonchev–Trinajstić information content (AvgIpc) is 2.82. The first-order valence-electron chi connectivity index (χ1n) is 10.2. The molecule has 2 aromatic carbocycles. The predicted octanol–water partition coefficient (Wildman–Crippen LogP) is 2.43. The number of aromatic hydroxyl groups is 2. The smallest absolute Gasteiger partial charge is 0.507 e. The molecule has 0 heterocycles. The first-order valence-corrected chi connectivity index (χ1v) is 11.0. The van der Waals surface area contributed by atoms with Crippen molar-refractivity contribution < 1.29 is 53.8 Å². The molecule has 0 spiro atoms. The van der Waals surface area contributed by atoms with Crippen LogP contribution in [-0.4, -0.2) is 60.2 Å². The van der Waals surface area contributed by atoms with E-state index in [0.717, 1.165) is 13.1 Å². The van der Waals surface area contributed by atoms with Gasteiger partial charge >= 0.3 is 17.1 Å². The molecule has 0 aromatic heterocycles. The van der Waals surface area contributed by atoms with Crippen molar-refractivity contribution in [1.82, 2.24) is 21.5 Å². The first kappa shape index (κ1) is 35.6. The third-order valence-corrected chi connectivity index (χ3v) is 4.35. The predicted molar refractivity (Wildman–Crippen MR) is 143 cm³/mol. The molecule has 2 radical (unpaired) electrons. The number of benzene rings is 2. The number of hydrogen-bond donors (Lipinski definition) is 6. The van der Waals surface area contributed by atoms with E-state index in [0.29, 0.717) is 32.9 Å². The number of rotatable bonds is 8. The number of hydrazone groups is 2. The minimum Gasteiger partial charge on any atom is -0.507 e. The second-order valence-electron chi connectivity index (χ2n) is 6.31. The van der Waals surface area contributed by atoms with E-state index in [1.54, 1.807) is 50.6 Å². The molecule has 0 aliphatic heterocycles. The fourth-order valence-corrected chi connectivity index (χ4v) is 2.64. The van der Waals surface area contributed by atoms with Gasteiger partial charge in [0.25, 0.3) is 0 Å². The Bertz CT molecular complexity index is 933. The second-order valence-corrected chi connectivity index (χ2v) is 7.12. The van der Waals surface area contributed by atoms with E-state index in [1.165, 1.54) is 12.4 Å². The second kappa shape index (κ2) is 20.6. The number of phenolic OH excluding ortho intramolecular Hbond substituents is 2. The molecule has 0 saturated carbocycles. The molecule has 14 heteroatoms. The summed E-state index contributed by atoms with van der Waals surface area (Å²) >= 11 is 9.85. The van der Waals surface area contributed by atoms with Crippen LogP contribution >= 0.6 is 24.4 Å². The van der Waals surface area contributed by atoms with Gasteiger partial charge < -0.3 is 30.3 Å². The van der Waals surface area contributed by atoms with E-state index < -0.39 is 0 Å². The summed E-state index contributed by atoms with van der Waals surface area (Å²) in [7, 11) is 3.12. The Kier molecular flexibility index (Phi) is 20.3. The quantitative estimate of drug-likeness (QED) is 0.112. The van der Waals surface area contributed by atoms with E-state index in [9.17, 15) is 10.2 Å². The summed E-state index contributed by atoms with van der Waals surface area (Å²) < 4.78 is 10.1. The standard InChI is InChI=1S/2C11H15N3O2S.2Cu/c2*1-3-12-11(17)14-13-7-8-6-9(16-2)4-5-10(8)15;;/h2*4-7,15H,3H2,1-2H3,(H2,12,14,17);;/q;;;+2/b2*13-7+;;. The van der Waals surface area contributed by atoms with Crippen LogP contribution in [0.4, 0.5) is 0 Å². The summed E-state index contributed by atoms with van der Waals surface area (Å²) in [6, 6.07) is 9.78. The van der Waals surface area contributed by atoms with Crippen LogP contribution in [0.3, 0.4) is 0 Å². The van der Waals surface area contributed by atoms with Gasteiger partial charge in [-0.15, -0.1) is 0 Å². The number of nitrogens with zero attached hydrogens (tertiary/aromatic N) is 2. The minimum absolute atomic E-state index is 0. The Hall–Kier alpha value is -2.60. The molecule has 2 rings (SSSR count). The number of nitrogens with one attached hydrogen (secondary N) is 4. The maximum atomic E-state index is 9.58. The average molecular weight is 634 g/mol. The van der Waals surface area contributed by atoms with Crippen LogP contribution in [0.2, 0.25) is 0 Å². The molecular formula is C22H30Cu2N6O4S2+2. The largest absolute Gasteiger partial charge is 2.00 e. The summed E-state index contributed by atoms with van der Waals surface area (Å²) in [5, 5.41) is 33.6. The topological polar surface area (TPSA) is 132 Å². The fraction of sp³-hybridized carbons (Fsp3) is 0.273. The van der Waals surface area contributed by atoms with Crippen molar-refractivity contribution in [3.8, 4) is 23.0 Å². The van der Waals surface area contributed by atoms with Crippen LogP contribution in [0, 0.1) is 0 Å². The van der Waals surface area contributed by atoms with Gasteiger partial charge in [-0.2, -0.15) is 10.2 Å². The van der Waals surface area contributed by atoms with Gasteiger partial charge in [0.05, 0.1) is 26.6 Å². The third kappa shape index (κ3) is 14.1. The van der Waals surface area contributed by atoms with Crippen molar-refractivity contribution in [1.29, 1.82) is 0 Å². The van der Waals surface area contributed by atoms with Gasteiger partial charge in [0, 0.05) is 41.3 Å². The summed E-state index contributed by atoms with van der Waals surface area (Å²) in [6.45, 7) is 5.33. The number of methoxy groups -OCH3 is 2. The van der Waals surface area contributed by atoms with Crippen molar-refractivity contribution in [3.63, 3.8) is 0 Å².